The molecule has 5 nitrogen and oxygen atoms in total. The molecule has 5 heteroatoms. The summed E-state index contributed by atoms with van der Waals surface area (Å²) in [6, 6.07) is 60.1. The van der Waals surface area contributed by atoms with Gasteiger partial charge in [0.1, 0.15) is 11.2 Å². The van der Waals surface area contributed by atoms with E-state index in [4.69, 9.17) is 19.4 Å². The van der Waals surface area contributed by atoms with Gasteiger partial charge >= 0.3 is 0 Å². The number of furan rings is 1. The summed E-state index contributed by atoms with van der Waals surface area (Å²) in [5, 5.41) is 15.2. The van der Waals surface area contributed by atoms with Gasteiger partial charge in [0.2, 0.25) is 0 Å². The van der Waals surface area contributed by atoms with Crippen molar-refractivity contribution in [3.63, 3.8) is 0 Å². The Morgan fingerprint density at radius 3 is 1.66 bits per heavy atom. The second-order valence-electron chi connectivity index (χ2n) is 14.7. The Balaban J connectivity index is 1.05. The predicted octanol–water partition coefficient (Wildman–Crippen LogP) is 13.4. The number of aromatic nitrogens is 4. The highest BCUT2D eigenvalue weighted by Gasteiger charge is 2.24. The van der Waals surface area contributed by atoms with Crippen molar-refractivity contribution in [2.75, 3.05) is 0 Å². The van der Waals surface area contributed by atoms with Crippen LogP contribution in [0, 0.1) is 0 Å². The molecule has 0 radical (unpaired) electrons. The van der Waals surface area contributed by atoms with Gasteiger partial charge in [-0.1, -0.05) is 127 Å². The standard InChI is InChI=1S/C51H28N4O/c1-2-11-29(12-3-1)49-52-50(54-51(53-49)31-23-24-36-35-17-6-7-22-43(35)56-44(36)28-31)30-13-8-14-32(27-30)55-41-21-10-20-39-38-19-9-18-37-33-15-4-5-16-34(33)40-25-26-42(55)48(46(39)41)47(40)45(37)38/h1-28H. The van der Waals surface area contributed by atoms with Gasteiger partial charge in [-0.3, -0.25) is 0 Å². The van der Waals surface area contributed by atoms with Crippen LogP contribution in [-0.2, 0) is 0 Å². The van der Waals surface area contributed by atoms with Crippen LogP contribution in [-0.4, -0.2) is 19.5 Å². The summed E-state index contributed by atoms with van der Waals surface area (Å²) < 4.78 is 8.69. The van der Waals surface area contributed by atoms with Crippen molar-refractivity contribution in [1.29, 1.82) is 0 Å². The Bertz CT molecular complexity index is 3710. The average Bonchev–Trinajstić information content (AvgIpc) is 3.82. The van der Waals surface area contributed by atoms with Crippen molar-refractivity contribution in [1.82, 2.24) is 19.5 Å². The van der Waals surface area contributed by atoms with E-state index < -0.39 is 0 Å². The Hall–Kier alpha value is -7.63. The Morgan fingerprint density at radius 2 is 0.857 bits per heavy atom. The Kier molecular flexibility index (Phi) is 5.83. The quantitative estimate of drug-likeness (QED) is 0.135. The van der Waals surface area contributed by atoms with Crippen LogP contribution in [0.15, 0.2) is 174 Å². The zero-order valence-corrected chi connectivity index (χ0v) is 29.9. The summed E-state index contributed by atoms with van der Waals surface area (Å²) in [6.45, 7) is 0. The minimum atomic E-state index is 0.592. The summed E-state index contributed by atoms with van der Waals surface area (Å²) in [5.41, 5.74) is 7.78. The molecule has 10 aromatic carbocycles. The number of hydrogen-bond acceptors (Lipinski definition) is 4. The normalized spacial score (nSPS) is 12.3. The predicted molar refractivity (Wildman–Crippen MR) is 230 cm³/mol. The number of rotatable bonds is 4. The lowest BCUT2D eigenvalue weighted by Crippen LogP contribution is -2.01. The molecule has 0 aliphatic rings. The number of benzene rings is 10. The van der Waals surface area contributed by atoms with E-state index in [2.05, 4.69) is 120 Å². The lowest BCUT2D eigenvalue weighted by molar-refractivity contribution is 0.669. The summed E-state index contributed by atoms with van der Waals surface area (Å²) in [7, 11) is 0. The minimum Gasteiger partial charge on any atom is -0.456 e. The summed E-state index contributed by atoms with van der Waals surface area (Å²) in [4.78, 5) is 15.3. The maximum Gasteiger partial charge on any atom is 0.164 e. The molecule has 0 spiro atoms. The summed E-state index contributed by atoms with van der Waals surface area (Å²) in [5.74, 6) is 1.82. The van der Waals surface area contributed by atoms with Gasteiger partial charge in [-0.25, -0.2) is 15.0 Å². The Labute approximate surface area is 319 Å². The molecule has 0 aliphatic carbocycles. The van der Waals surface area contributed by atoms with Crippen molar-refractivity contribution in [2.45, 2.75) is 0 Å². The maximum absolute atomic E-state index is 6.27. The van der Waals surface area contributed by atoms with Crippen molar-refractivity contribution < 1.29 is 4.42 Å². The van der Waals surface area contributed by atoms with Gasteiger partial charge in [-0.15, -0.1) is 0 Å². The highest BCUT2D eigenvalue weighted by Crippen LogP contribution is 2.49. The van der Waals surface area contributed by atoms with Crippen LogP contribution in [0.5, 0.6) is 0 Å². The maximum atomic E-state index is 6.27. The van der Waals surface area contributed by atoms with E-state index >= 15 is 0 Å². The average molecular weight is 713 g/mol. The van der Waals surface area contributed by atoms with Crippen LogP contribution in [0.1, 0.15) is 0 Å². The zero-order chi connectivity index (χ0) is 36.5. The number of para-hydroxylation sites is 1. The second-order valence-corrected chi connectivity index (χ2v) is 14.7. The molecule has 0 bridgehead atoms. The van der Waals surface area contributed by atoms with Crippen molar-refractivity contribution in [2.24, 2.45) is 0 Å². The molecular weight excluding hydrogens is 685 g/mol. The highest BCUT2D eigenvalue weighted by molar-refractivity contribution is 6.44. The fourth-order valence-corrected chi connectivity index (χ4v) is 9.36. The molecular formula is C51H28N4O. The van der Waals surface area contributed by atoms with E-state index in [-0.39, 0.29) is 0 Å². The highest BCUT2D eigenvalue weighted by atomic mass is 16.3. The van der Waals surface area contributed by atoms with Crippen molar-refractivity contribution in [3.05, 3.63) is 170 Å². The van der Waals surface area contributed by atoms with Crippen molar-refractivity contribution >= 4 is 86.8 Å². The molecule has 56 heavy (non-hydrogen) atoms. The van der Waals surface area contributed by atoms with E-state index in [1.54, 1.807) is 0 Å². The molecule has 3 aromatic heterocycles. The van der Waals surface area contributed by atoms with E-state index in [0.29, 0.717) is 17.5 Å². The summed E-state index contributed by atoms with van der Waals surface area (Å²) >= 11 is 0. The van der Waals surface area contributed by atoms with E-state index in [9.17, 15) is 0 Å². The molecule has 0 aliphatic heterocycles. The van der Waals surface area contributed by atoms with Crippen LogP contribution < -0.4 is 0 Å². The van der Waals surface area contributed by atoms with Gasteiger partial charge in [0.05, 0.1) is 11.0 Å². The van der Waals surface area contributed by atoms with E-state index in [0.717, 1.165) is 44.3 Å². The lowest BCUT2D eigenvalue weighted by atomic mass is 9.86. The zero-order valence-electron chi connectivity index (χ0n) is 29.9. The number of fused-ring (bicyclic) bond motifs is 7. The molecule has 0 saturated carbocycles. The van der Waals surface area contributed by atoms with Crippen molar-refractivity contribution in [3.8, 4) is 39.9 Å². The van der Waals surface area contributed by atoms with Gasteiger partial charge in [0, 0.05) is 49.3 Å². The van der Waals surface area contributed by atoms with Crippen LogP contribution >= 0.6 is 0 Å². The molecule has 0 saturated heterocycles. The van der Waals surface area contributed by atoms with Gasteiger partial charge < -0.3 is 8.98 Å². The molecule has 258 valence electrons. The molecule has 13 rings (SSSR count). The summed E-state index contributed by atoms with van der Waals surface area (Å²) in [6.07, 6.45) is 0. The fourth-order valence-electron chi connectivity index (χ4n) is 9.36. The lowest BCUT2D eigenvalue weighted by Gasteiger charge is -2.16. The molecule has 0 fully saturated rings. The monoisotopic (exact) mass is 712 g/mol. The largest absolute Gasteiger partial charge is 0.456 e. The molecule has 3 heterocycles. The Morgan fingerprint density at radius 1 is 0.321 bits per heavy atom. The van der Waals surface area contributed by atoms with Crippen LogP contribution in [0.2, 0.25) is 0 Å². The first-order chi connectivity index (χ1) is 27.8. The SMILES string of the molecule is c1ccc(-c2nc(-c3cccc(-n4c5cccc6c7cccc8c9ccccc9c9ccc4c(c9c87)c65)c3)nc(-c3ccc4c(c3)oc3ccccc34)n2)cc1. The minimum absolute atomic E-state index is 0.592. The smallest absolute Gasteiger partial charge is 0.164 e. The first-order valence-electron chi connectivity index (χ1n) is 18.9. The fraction of sp³-hybridized carbons (Fsp3) is 0. The first-order valence-corrected chi connectivity index (χ1v) is 18.9. The van der Waals surface area contributed by atoms with Gasteiger partial charge in [-0.2, -0.15) is 0 Å². The molecule has 0 amide bonds. The first kappa shape index (κ1) is 29.8. The third-order valence-electron chi connectivity index (χ3n) is 11.7. The van der Waals surface area contributed by atoms with E-state index in [1.165, 1.54) is 64.9 Å². The van der Waals surface area contributed by atoms with E-state index in [1.807, 2.05) is 54.6 Å². The third-order valence-corrected chi connectivity index (χ3v) is 11.7. The molecule has 0 N–H and O–H groups in total. The molecule has 0 unspecified atom stereocenters. The van der Waals surface area contributed by atoms with Gasteiger partial charge in [-0.05, 0) is 80.2 Å². The number of nitrogens with zero attached hydrogens (tertiary/aromatic N) is 4. The number of hydrogen-bond donors (Lipinski definition) is 0. The topological polar surface area (TPSA) is 56.7 Å². The second kappa shape index (κ2) is 11.0. The van der Waals surface area contributed by atoms with Crippen LogP contribution in [0.4, 0.5) is 0 Å². The van der Waals surface area contributed by atoms with Gasteiger partial charge in [0.25, 0.3) is 0 Å². The molecule has 0 atom stereocenters. The molecule has 13 aromatic rings. The third kappa shape index (κ3) is 4.01. The van der Waals surface area contributed by atoms with Crippen LogP contribution in [0.25, 0.3) is 127 Å². The van der Waals surface area contributed by atoms with Crippen LogP contribution in [0.3, 0.4) is 0 Å². The van der Waals surface area contributed by atoms with Gasteiger partial charge in [0.15, 0.2) is 17.5 Å².